The summed E-state index contributed by atoms with van der Waals surface area (Å²) in [6.07, 6.45) is 4.22. The van der Waals surface area contributed by atoms with Crippen LogP contribution in [0.1, 0.15) is 28.8 Å². The van der Waals surface area contributed by atoms with Crippen LogP contribution in [0.15, 0.2) is 54.7 Å². The van der Waals surface area contributed by atoms with Crippen molar-refractivity contribution in [2.45, 2.75) is 19.3 Å². The molecule has 2 heterocycles. The van der Waals surface area contributed by atoms with Crippen molar-refractivity contribution in [3.8, 4) is 0 Å². The number of fused-ring (bicyclic) bond motifs is 1. The van der Waals surface area contributed by atoms with E-state index in [4.69, 9.17) is 0 Å². The summed E-state index contributed by atoms with van der Waals surface area (Å²) in [4.78, 5) is 29.4. The molecular weight excluding hydrogens is 326 g/mol. The Kier molecular flexibility index (Phi) is 4.44. The first-order valence-corrected chi connectivity index (χ1v) is 8.96. The third-order valence-corrected chi connectivity index (χ3v) is 4.85. The molecule has 0 radical (unpaired) electrons. The molecule has 132 valence electrons. The predicted octanol–water partition coefficient (Wildman–Crippen LogP) is 3.27. The molecule has 0 atom stereocenters. The van der Waals surface area contributed by atoms with Crippen molar-refractivity contribution >= 4 is 28.4 Å². The Balaban J connectivity index is 1.40. The van der Waals surface area contributed by atoms with Gasteiger partial charge in [0.1, 0.15) is 0 Å². The maximum atomic E-state index is 12.5. The molecule has 0 bridgehead atoms. The molecule has 26 heavy (non-hydrogen) atoms. The summed E-state index contributed by atoms with van der Waals surface area (Å²) in [6, 6.07) is 15.4. The second kappa shape index (κ2) is 7.04. The summed E-state index contributed by atoms with van der Waals surface area (Å²) in [7, 11) is 0. The molecule has 1 saturated heterocycles. The van der Waals surface area contributed by atoms with E-state index in [1.807, 2.05) is 36.5 Å². The second-order valence-corrected chi connectivity index (χ2v) is 6.56. The van der Waals surface area contributed by atoms with Crippen LogP contribution in [-0.4, -0.2) is 29.9 Å². The van der Waals surface area contributed by atoms with Crippen LogP contribution < -0.4 is 10.2 Å². The summed E-state index contributed by atoms with van der Waals surface area (Å²) >= 11 is 0. The van der Waals surface area contributed by atoms with Crippen LogP contribution in [0.5, 0.6) is 0 Å². The number of anilines is 1. The van der Waals surface area contributed by atoms with Gasteiger partial charge in [0.25, 0.3) is 5.91 Å². The second-order valence-electron chi connectivity index (χ2n) is 6.56. The van der Waals surface area contributed by atoms with Gasteiger partial charge in [0.15, 0.2) is 0 Å². The molecule has 0 saturated carbocycles. The minimum Gasteiger partial charge on any atom is -0.361 e. The van der Waals surface area contributed by atoms with Crippen molar-refractivity contribution in [3.63, 3.8) is 0 Å². The SMILES string of the molecule is O=C(NCCc1c[nH]c2ccccc12)c1cccc(N2CCCC2=O)c1. The average molecular weight is 347 g/mol. The van der Waals surface area contributed by atoms with E-state index in [9.17, 15) is 9.59 Å². The Morgan fingerprint density at radius 1 is 1.15 bits per heavy atom. The van der Waals surface area contributed by atoms with Gasteiger partial charge in [-0.3, -0.25) is 9.59 Å². The lowest BCUT2D eigenvalue weighted by Gasteiger charge is -2.16. The molecule has 1 aliphatic rings. The van der Waals surface area contributed by atoms with Gasteiger partial charge in [0.05, 0.1) is 0 Å². The number of hydrogen-bond donors (Lipinski definition) is 2. The number of aromatic amines is 1. The number of para-hydroxylation sites is 1. The first-order chi connectivity index (χ1) is 12.7. The van der Waals surface area contributed by atoms with Gasteiger partial charge in [-0.2, -0.15) is 0 Å². The number of benzene rings is 2. The number of nitrogens with one attached hydrogen (secondary N) is 2. The fourth-order valence-electron chi connectivity index (χ4n) is 3.49. The Hall–Kier alpha value is -3.08. The van der Waals surface area contributed by atoms with Crippen molar-refractivity contribution in [2.24, 2.45) is 0 Å². The highest BCUT2D eigenvalue weighted by atomic mass is 16.2. The van der Waals surface area contributed by atoms with Crippen LogP contribution in [0.3, 0.4) is 0 Å². The van der Waals surface area contributed by atoms with E-state index in [1.54, 1.807) is 17.0 Å². The van der Waals surface area contributed by atoms with E-state index < -0.39 is 0 Å². The number of nitrogens with zero attached hydrogens (tertiary/aromatic N) is 1. The summed E-state index contributed by atoms with van der Waals surface area (Å²) < 4.78 is 0. The Labute approximate surface area is 152 Å². The third-order valence-electron chi connectivity index (χ3n) is 4.85. The zero-order valence-corrected chi connectivity index (χ0v) is 14.5. The van der Waals surface area contributed by atoms with Gasteiger partial charge in [0.2, 0.25) is 5.91 Å². The molecule has 5 nitrogen and oxygen atoms in total. The van der Waals surface area contributed by atoms with Crippen molar-refractivity contribution < 1.29 is 9.59 Å². The molecular formula is C21H21N3O2. The van der Waals surface area contributed by atoms with Gasteiger partial charge in [-0.25, -0.2) is 0 Å². The Morgan fingerprint density at radius 3 is 2.88 bits per heavy atom. The zero-order valence-electron chi connectivity index (χ0n) is 14.5. The molecule has 0 spiro atoms. The highest BCUT2D eigenvalue weighted by molar-refractivity contribution is 5.99. The first kappa shape index (κ1) is 16.4. The Bertz CT molecular complexity index is 961. The number of hydrogen-bond acceptors (Lipinski definition) is 2. The molecule has 1 aliphatic heterocycles. The summed E-state index contributed by atoms with van der Waals surface area (Å²) in [6.45, 7) is 1.29. The van der Waals surface area contributed by atoms with Crippen LogP contribution in [0.2, 0.25) is 0 Å². The molecule has 1 fully saturated rings. The van der Waals surface area contributed by atoms with Crippen LogP contribution in [0.25, 0.3) is 10.9 Å². The highest BCUT2D eigenvalue weighted by Crippen LogP contribution is 2.22. The smallest absolute Gasteiger partial charge is 0.251 e. The topological polar surface area (TPSA) is 65.2 Å². The maximum absolute atomic E-state index is 12.5. The molecule has 0 aliphatic carbocycles. The minimum absolute atomic E-state index is 0.113. The highest BCUT2D eigenvalue weighted by Gasteiger charge is 2.22. The maximum Gasteiger partial charge on any atom is 0.251 e. The monoisotopic (exact) mass is 347 g/mol. The quantitative estimate of drug-likeness (QED) is 0.744. The van der Waals surface area contributed by atoms with E-state index in [2.05, 4.69) is 16.4 Å². The summed E-state index contributed by atoms with van der Waals surface area (Å²) in [5.74, 6) is 0.0141. The lowest BCUT2D eigenvalue weighted by atomic mass is 10.1. The molecule has 1 aromatic heterocycles. The van der Waals surface area contributed by atoms with E-state index >= 15 is 0 Å². The summed E-state index contributed by atoms with van der Waals surface area (Å²) in [5.41, 5.74) is 3.69. The van der Waals surface area contributed by atoms with Crippen LogP contribution in [-0.2, 0) is 11.2 Å². The molecule has 2 aromatic carbocycles. The van der Waals surface area contributed by atoms with Gasteiger partial charge in [0, 0.05) is 47.9 Å². The summed E-state index contributed by atoms with van der Waals surface area (Å²) in [5, 5.41) is 4.17. The average Bonchev–Trinajstić information content (AvgIpc) is 3.28. The lowest BCUT2D eigenvalue weighted by Crippen LogP contribution is -2.27. The van der Waals surface area contributed by atoms with Crippen LogP contribution in [0, 0.1) is 0 Å². The minimum atomic E-state index is -0.113. The molecule has 0 unspecified atom stereocenters. The molecule has 5 heteroatoms. The third kappa shape index (κ3) is 3.20. The van der Waals surface area contributed by atoms with E-state index in [0.29, 0.717) is 18.5 Å². The number of rotatable bonds is 5. The largest absolute Gasteiger partial charge is 0.361 e. The standard InChI is InChI=1S/C21H21N3O2/c25-20-9-4-12-24(20)17-6-3-5-15(13-17)21(26)22-11-10-16-14-23-19-8-2-1-7-18(16)19/h1-3,5-8,13-14,23H,4,9-12H2,(H,22,26). The predicted molar refractivity (Wildman–Crippen MR) is 102 cm³/mol. The molecule has 4 rings (SSSR count). The molecule has 2 amide bonds. The van der Waals surface area contributed by atoms with Crippen molar-refractivity contribution in [1.29, 1.82) is 0 Å². The van der Waals surface area contributed by atoms with Crippen molar-refractivity contribution in [2.75, 3.05) is 18.0 Å². The number of H-pyrrole nitrogens is 1. The number of carbonyl (C=O) groups excluding carboxylic acids is 2. The van der Waals surface area contributed by atoms with Gasteiger partial charge < -0.3 is 15.2 Å². The van der Waals surface area contributed by atoms with E-state index in [-0.39, 0.29) is 11.8 Å². The van der Waals surface area contributed by atoms with Gasteiger partial charge >= 0.3 is 0 Å². The number of amides is 2. The van der Waals surface area contributed by atoms with Crippen molar-refractivity contribution in [3.05, 3.63) is 65.9 Å². The molecule has 2 N–H and O–H groups in total. The van der Waals surface area contributed by atoms with Crippen LogP contribution in [0.4, 0.5) is 5.69 Å². The van der Waals surface area contributed by atoms with E-state index in [1.165, 1.54) is 10.9 Å². The van der Waals surface area contributed by atoms with Gasteiger partial charge in [-0.1, -0.05) is 24.3 Å². The van der Waals surface area contributed by atoms with Gasteiger partial charge in [-0.05, 0) is 42.7 Å². The van der Waals surface area contributed by atoms with Crippen molar-refractivity contribution in [1.82, 2.24) is 10.3 Å². The fraction of sp³-hybridized carbons (Fsp3) is 0.238. The fourth-order valence-corrected chi connectivity index (χ4v) is 3.49. The lowest BCUT2D eigenvalue weighted by molar-refractivity contribution is -0.117. The van der Waals surface area contributed by atoms with E-state index in [0.717, 1.165) is 30.6 Å². The Morgan fingerprint density at radius 2 is 2.04 bits per heavy atom. The zero-order chi connectivity index (χ0) is 17.9. The first-order valence-electron chi connectivity index (χ1n) is 8.96. The van der Waals surface area contributed by atoms with Gasteiger partial charge in [-0.15, -0.1) is 0 Å². The number of aromatic nitrogens is 1. The normalized spacial score (nSPS) is 14.2. The number of carbonyl (C=O) groups is 2. The van der Waals surface area contributed by atoms with Crippen LogP contribution >= 0.6 is 0 Å². The molecule has 3 aromatic rings.